The van der Waals surface area contributed by atoms with Crippen molar-refractivity contribution in [2.75, 3.05) is 6.61 Å². The molecule has 0 bridgehead atoms. The Morgan fingerprint density at radius 3 is 2.52 bits per heavy atom. The molecule has 160 valence electrons. The zero-order valence-electron chi connectivity index (χ0n) is 15.4. The van der Waals surface area contributed by atoms with E-state index >= 15 is 0 Å². The van der Waals surface area contributed by atoms with Crippen molar-refractivity contribution in [2.45, 2.75) is 0 Å². The van der Waals surface area contributed by atoms with Crippen molar-refractivity contribution < 1.29 is 23.5 Å². The Morgan fingerprint density at radius 2 is 1.87 bits per heavy atom. The van der Waals surface area contributed by atoms with Gasteiger partial charge in [-0.25, -0.2) is 10.2 Å². The van der Waals surface area contributed by atoms with Crippen LogP contribution >= 0.6 is 70.4 Å². The van der Waals surface area contributed by atoms with Gasteiger partial charge in [0, 0.05) is 4.47 Å². The molecule has 1 aromatic heterocycles. The van der Waals surface area contributed by atoms with E-state index in [-0.39, 0.29) is 12.4 Å². The normalized spacial score (nSPS) is 10.8. The van der Waals surface area contributed by atoms with Gasteiger partial charge in [0.15, 0.2) is 6.61 Å². The van der Waals surface area contributed by atoms with Crippen molar-refractivity contribution in [3.8, 4) is 11.5 Å². The molecule has 0 radical (unpaired) electrons. The third-order valence-corrected chi connectivity index (χ3v) is 6.07. The maximum Gasteiger partial charge on any atom is 0.379 e. The molecule has 1 heterocycles. The minimum Gasteiger partial charge on any atom is -0.481 e. The second-order valence-corrected chi connectivity index (χ2v) is 9.62. The average Bonchev–Trinajstić information content (AvgIpc) is 3.24. The van der Waals surface area contributed by atoms with E-state index in [9.17, 15) is 9.59 Å². The van der Waals surface area contributed by atoms with E-state index in [0.29, 0.717) is 29.6 Å². The highest BCUT2D eigenvalue weighted by Gasteiger charge is 2.13. The van der Waals surface area contributed by atoms with Crippen LogP contribution in [0.2, 0.25) is 0 Å². The zero-order chi connectivity index (χ0) is 22.4. The van der Waals surface area contributed by atoms with Crippen LogP contribution in [-0.2, 0) is 4.79 Å². The fraction of sp³-hybridized carbons (Fsp3) is 0.0500. The quantitative estimate of drug-likeness (QED) is 0.107. The van der Waals surface area contributed by atoms with Gasteiger partial charge >= 0.3 is 5.97 Å². The fourth-order valence-corrected chi connectivity index (χ4v) is 5.38. The summed E-state index contributed by atoms with van der Waals surface area (Å²) in [7, 11) is 0. The van der Waals surface area contributed by atoms with Crippen molar-refractivity contribution in [1.29, 1.82) is 0 Å². The van der Waals surface area contributed by atoms with E-state index < -0.39 is 11.9 Å². The number of ether oxygens (including phenoxy) is 2. The minimum atomic E-state index is -0.583. The fourth-order valence-electron chi connectivity index (χ4n) is 2.24. The smallest absolute Gasteiger partial charge is 0.379 e. The number of carbonyl (C=O) groups excluding carboxylic acids is 2. The van der Waals surface area contributed by atoms with Gasteiger partial charge in [-0.1, -0.05) is 15.9 Å². The van der Waals surface area contributed by atoms with Crippen LogP contribution in [0.25, 0.3) is 0 Å². The first-order valence-corrected chi connectivity index (χ1v) is 11.9. The third kappa shape index (κ3) is 6.89. The lowest BCUT2D eigenvalue weighted by atomic mass is 10.2. The number of nitrogens with one attached hydrogen (secondary N) is 1. The number of furan rings is 1. The summed E-state index contributed by atoms with van der Waals surface area (Å²) in [5, 5.41) is 3.92. The molecule has 0 spiro atoms. The predicted molar refractivity (Wildman–Crippen MR) is 134 cm³/mol. The first-order chi connectivity index (χ1) is 14.8. The summed E-state index contributed by atoms with van der Waals surface area (Å²) in [4.78, 5) is 24.0. The maximum atomic E-state index is 12.0. The molecule has 0 saturated carbocycles. The lowest BCUT2D eigenvalue weighted by molar-refractivity contribution is -0.123. The molecule has 0 fully saturated rings. The molecule has 0 aliphatic rings. The highest BCUT2D eigenvalue weighted by Crippen LogP contribution is 2.36. The third-order valence-electron chi connectivity index (χ3n) is 3.59. The van der Waals surface area contributed by atoms with Gasteiger partial charge in [-0.2, -0.15) is 5.10 Å². The van der Waals surface area contributed by atoms with Crippen molar-refractivity contribution >= 4 is 88.5 Å². The average molecular weight is 727 g/mol. The standard InChI is InChI=1S/C20H12Br3IN2O5/c21-12-7-13(22)19(14(23)8-12)30-10-18(27)26-25-9-11-3-4-16(15(24)6-11)31-20(28)17-2-1-5-29-17/h1-9H,10H2,(H,26,27)/b25-9+. The molecule has 1 N–H and O–H groups in total. The van der Waals surface area contributed by atoms with E-state index in [1.807, 2.05) is 34.7 Å². The van der Waals surface area contributed by atoms with Crippen molar-refractivity contribution in [2.24, 2.45) is 5.10 Å². The van der Waals surface area contributed by atoms with Gasteiger partial charge in [0.25, 0.3) is 5.91 Å². The minimum absolute atomic E-state index is 0.119. The van der Waals surface area contributed by atoms with E-state index in [1.165, 1.54) is 18.5 Å². The molecule has 1 amide bonds. The number of benzene rings is 2. The molecule has 2 aromatic carbocycles. The summed E-state index contributed by atoms with van der Waals surface area (Å²) >= 11 is 12.2. The lowest BCUT2D eigenvalue weighted by Crippen LogP contribution is -2.24. The van der Waals surface area contributed by atoms with Gasteiger partial charge < -0.3 is 13.9 Å². The molecule has 0 aliphatic heterocycles. The zero-order valence-corrected chi connectivity index (χ0v) is 22.3. The van der Waals surface area contributed by atoms with Crippen LogP contribution < -0.4 is 14.9 Å². The number of rotatable bonds is 7. The van der Waals surface area contributed by atoms with Crippen LogP contribution in [0.3, 0.4) is 0 Å². The van der Waals surface area contributed by atoms with E-state index in [0.717, 1.165) is 4.47 Å². The second-order valence-electron chi connectivity index (χ2n) is 5.84. The van der Waals surface area contributed by atoms with E-state index in [4.69, 9.17) is 13.9 Å². The Hall–Kier alpha value is -1.70. The Bertz CT molecular complexity index is 1110. The number of amides is 1. The number of halogens is 4. The van der Waals surface area contributed by atoms with Crippen LogP contribution in [0.5, 0.6) is 11.5 Å². The van der Waals surface area contributed by atoms with Crippen molar-refractivity contribution in [3.05, 3.63) is 77.0 Å². The Kier molecular flexibility index (Phi) is 8.69. The van der Waals surface area contributed by atoms with Crippen LogP contribution in [0.4, 0.5) is 0 Å². The molecule has 31 heavy (non-hydrogen) atoms. The van der Waals surface area contributed by atoms with E-state index in [1.54, 1.807) is 24.3 Å². The lowest BCUT2D eigenvalue weighted by Gasteiger charge is -2.10. The number of hydrazone groups is 1. The number of hydrogen-bond donors (Lipinski definition) is 1. The molecule has 0 atom stereocenters. The highest BCUT2D eigenvalue weighted by molar-refractivity contribution is 14.1. The Labute approximate surface area is 216 Å². The van der Waals surface area contributed by atoms with Gasteiger partial charge in [0.1, 0.15) is 11.5 Å². The maximum absolute atomic E-state index is 12.0. The first kappa shape index (κ1) is 24.0. The molecule has 0 aliphatic carbocycles. The summed E-state index contributed by atoms with van der Waals surface area (Å²) in [6.45, 7) is -0.213. The monoisotopic (exact) mass is 724 g/mol. The summed E-state index contributed by atoms with van der Waals surface area (Å²) in [6.07, 6.45) is 2.88. The van der Waals surface area contributed by atoms with Gasteiger partial charge in [-0.05, 0) is 102 Å². The molecular formula is C20H12Br3IN2O5. The van der Waals surface area contributed by atoms with Crippen molar-refractivity contribution in [1.82, 2.24) is 5.43 Å². The summed E-state index contributed by atoms with van der Waals surface area (Å²) in [6, 6.07) is 11.9. The van der Waals surface area contributed by atoms with Crippen molar-refractivity contribution in [3.63, 3.8) is 0 Å². The number of hydrogen-bond acceptors (Lipinski definition) is 6. The molecule has 0 saturated heterocycles. The van der Waals surface area contributed by atoms with Gasteiger partial charge in [-0.3, -0.25) is 4.79 Å². The SMILES string of the molecule is O=C(COc1c(Br)cc(Br)cc1Br)N/N=C/c1ccc(OC(=O)c2ccco2)c(I)c1. The van der Waals surface area contributed by atoms with Gasteiger partial charge in [0.2, 0.25) is 5.76 Å². The van der Waals surface area contributed by atoms with Crippen LogP contribution in [0.1, 0.15) is 16.1 Å². The summed E-state index contributed by atoms with van der Waals surface area (Å²) in [5.74, 6) is 0.0182. The van der Waals surface area contributed by atoms with Crippen LogP contribution in [-0.4, -0.2) is 24.7 Å². The largest absolute Gasteiger partial charge is 0.481 e. The molecular weight excluding hydrogens is 715 g/mol. The molecule has 0 unspecified atom stereocenters. The van der Waals surface area contributed by atoms with Crippen LogP contribution in [0, 0.1) is 3.57 Å². The number of carbonyl (C=O) groups is 2. The predicted octanol–water partition coefficient (Wildman–Crippen LogP) is 5.92. The topological polar surface area (TPSA) is 90.1 Å². The van der Waals surface area contributed by atoms with E-state index in [2.05, 4.69) is 58.3 Å². The molecule has 7 nitrogen and oxygen atoms in total. The molecule has 11 heteroatoms. The molecule has 3 aromatic rings. The number of nitrogens with zero attached hydrogens (tertiary/aromatic N) is 1. The molecule has 3 rings (SSSR count). The van der Waals surface area contributed by atoms with Gasteiger partial charge in [0.05, 0.1) is 25.0 Å². The van der Waals surface area contributed by atoms with Gasteiger partial charge in [-0.15, -0.1) is 0 Å². The second kappa shape index (κ2) is 11.2. The Balaban J connectivity index is 1.53. The highest BCUT2D eigenvalue weighted by atomic mass is 127. The summed E-state index contributed by atoms with van der Waals surface area (Å²) in [5.41, 5.74) is 3.11. The van der Waals surface area contributed by atoms with Crippen LogP contribution in [0.15, 0.2) is 71.7 Å². The number of esters is 1. The first-order valence-electron chi connectivity index (χ1n) is 8.48. The Morgan fingerprint density at radius 1 is 1.13 bits per heavy atom. The summed E-state index contributed by atoms with van der Waals surface area (Å²) < 4.78 is 18.8.